The van der Waals surface area contributed by atoms with Gasteiger partial charge in [-0.15, -0.1) is 0 Å². The van der Waals surface area contributed by atoms with Crippen molar-refractivity contribution in [2.75, 3.05) is 20.7 Å². The molecule has 0 heterocycles. The second-order valence-corrected chi connectivity index (χ2v) is 6.15. The quantitative estimate of drug-likeness (QED) is 0.880. The lowest BCUT2D eigenvalue weighted by Gasteiger charge is -2.34. The number of carbonyl (C=O) groups excluding carboxylic acids is 1. The van der Waals surface area contributed by atoms with Crippen LogP contribution in [0.4, 0.5) is 0 Å². The van der Waals surface area contributed by atoms with Crippen molar-refractivity contribution in [3.05, 3.63) is 70.8 Å². The van der Waals surface area contributed by atoms with Crippen LogP contribution in [0.3, 0.4) is 0 Å². The molecule has 2 aromatic rings. The van der Waals surface area contributed by atoms with Crippen molar-refractivity contribution in [1.82, 2.24) is 5.32 Å². The van der Waals surface area contributed by atoms with Gasteiger partial charge >= 0.3 is 5.97 Å². The summed E-state index contributed by atoms with van der Waals surface area (Å²) in [6, 6.07) is 16.7. The lowest BCUT2D eigenvalue weighted by Crippen LogP contribution is -2.30. The number of nitrogens with one attached hydrogen (secondary N) is 1. The van der Waals surface area contributed by atoms with E-state index < -0.39 is 0 Å². The summed E-state index contributed by atoms with van der Waals surface area (Å²) in [5.74, 6) is 0.680. The molecule has 3 heteroatoms. The minimum Gasteiger partial charge on any atom is -0.465 e. The van der Waals surface area contributed by atoms with Crippen molar-refractivity contribution in [2.24, 2.45) is 5.92 Å². The van der Waals surface area contributed by atoms with E-state index in [1.54, 1.807) is 0 Å². The van der Waals surface area contributed by atoms with Crippen LogP contribution in [0.25, 0.3) is 0 Å². The Morgan fingerprint density at radius 3 is 2.70 bits per heavy atom. The van der Waals surface area contributed by atoms with E-state index in [-0.39, 0.29) is 5.97 Å². The molecule has 0 spiro atoms. The fourth-order valence-electron chi connectivity index (χ4n) is 3.73. The summed E-state index contributed by atoms with van der Waals surface area (Å²) < 4.78 is 4.85. The monoisotopic (exact) mass is 309 g/mol. The molecule has 0 aromatic heterocycles. The van der Waals surface area contributed by atoms with E-state index in [0.29, 0.717) is 17.4 Å². The van der Waals surface area contributed by atoms with Gasteiger partial charge in [-0.25, -0.2) is 4.79 Å². The minimum atomic E-state index is -0.263. The Hall–Kier alpha value is -2.13. The van der Waals surface area contributed by atoms with Gasteiger partial charge in [-0.05, 0) is 61.2 Å². The van der Waals surface area contributed by atoms with Crippen LogP contribution in [0.15, 0.2) is 48.5 Å². The lowest BCUT2D eigenvalue weighted by atomic mass is 9.71. The lowest BCUT2D eigenvalue weighted by molar-refractivity contribution is 0.0600. The Labute approximate surface area is 137 Å². The maximum absolute atomic E-state index is 11.8. The van der Waals surface area contributed by atoms with Crippen LogP contribution in [0, 0.1) is 5.92 Å². The molecule has 0 bridgehead atoms. The van der Waals surface area contributed by atoms with E-state index in [1.807, 2.05) is 19.2 Å². The number of hydrogen-bond donors (Lipinski definition) is 1. The number of aryl methyl sites for hydroxylation is 1. The Morgan fingerprint density at radius 1 is 1.22 bits per heavy atom. The number of hydrogen-bond acceptors (Lipinski definition) is 3. The number of esters is 1. The summed E-state index contributed by atoms with van der Waals surface area (Å²) in [4.78, 5) is 11.8. The highest BCUT2D eigenvalue weighted by Crippen LogP contribution is 2.40. The summed E-state index contributed by atoms with van der Waals surface area (Å²) in [6.45, 7) is 0.998. The second kappa shape index (κ2) is 6.97. The van der Waals surface area contributed by atoms with Gasteiger partial charge in [0.25, 0.3) is 0 Å². The molecule has 1 aliphatic carbocycles. The van der Waals surface area contributed by atoms with Gasteiger partial charge in [0.15, 0.2) is 0 Å². The Balaban J connectivity index is 2.03. The minimum absolute atomic E-state index is 0.263. The van der Waals surface area contributed by atoms with Gasteiger partial charge in [-0.3, -0.25) is 0 Å². The molecule has 0 saturated carbocycles. The molecule has 0 saturated heterocycles. The molecule has 0 aliphatic heterocycles. The molecular weight excluding hydrogens is 286 g/mol. The summed E-state index contributed by atoms with van der Waals surface area (Å²) in [5, 5.41) is 3.33. The van der Waals surface area contributed by atoms with Gasteiger partial charge in [0, 0.05) is 5.92 Å². The third-order valence-corrected chi connectivity index (χ3v) is 4.78. The van der Waals surface area contributed by atoms with E-state index in [9.17, 15) is 4.79 Å². The molecule has 2 atom stereocenters. The largest absolute Gasteiger partial charge is 0.465 e. The maximum Gasteiger partial charge on any atom is 0.337 e. The summed E-state index contributed by atoms with van der Waals surface area (Å²) in [6.07, 6.45) is 2.13. The zero-order valence-corrected chi connectivity index (χ0v) is 13.7. The fourth-order valence-corrected chi connectivity index (χ4v) is 3.73. The molecule has 3 nitrogen and oxygen atoms in total. The van der Waals surface area contributed by atoms with Gasteiger partial charge in [-0.1, -0.05) is 36.4 Å². The zero-order chi connectivity index (χ0) is 16.2. The third kappa shape index (κ3) is 3.15. The molecule has 1 N–H and O–H groups in total. The first kappa shape index (κ1) is 15.8. The van der Waals surface area contributed by atoms with Gasteiger partial charge in [0.1, 0.15) is 0 Å². The van der Waals surface area contributed by atoms with Crippen LogP contribution in [-0.2, 0) is 11.2 Å². The van der Waals surface area contributed by atoms with Crippen LogP contribution < -0.4 is 5.32 Å². The molecule has 0 fully saturated rings. The highest BCUT2D eigenvalue weighted by Gasteiger charge is 2.30. The molecule has 3 rings (SSSR count). The van der Waals surface area contributed by atoms with Crippen molar-refractivity contribution >= 4 is 5.97 Å². The molecule has 1 aliphatic rings. The first-order valence-electron chi connectivity index (χ1n) is 8.15. The van der Waals surface area contributed by atoms with E-state index >= 15 is 0 Å². The standard InChI is InChI=1S/C20H23NO2/c1-21-13-17-9-8-15-12-16(20(22)23-2)10-11-18(15)19(17)14-6-4-3-5-7-14/h3-7,10-12,17,19,21H,8-9,13H2,1-2H3. The van der Waals surface area contributed by atoms with Crippen molar-refractivity contribution in [1.29, 1.82) is 0 Å². The van der Waals surface area contributed by atoms with Crippen molar-refractivity contribution in [2.45, 2.75) is 18.8 Å². The van der Waals surface area contributed by atoms with Crippen LogP contribution >= 0.6 is 0 Å². The first-order valence-corrected chi connectivity index (χ1v) is 8.15. The van der Waals surface area contributed by atoms with Crippen LogP contribution in [0.1, 0.15) is 39.4 Å². The molecule has 2 aromatic carbocycles. The van der Waals surface area contributed by atoms with E-state index in [4.69, 9.17) is 4.74 Å². The normalized spacial score (nSPS) is 19.9. The molecular formula is C20H23NO2. The number of ether oxygens (including phenoxy) is 1. The van der Waals surface area contributed by atoms with Crippen molar-refractivity contribution < 1.29 is 9.53 Å². The van der Waals surface area contributed by atoms with E-state index in [1.165, 1.54) is 23.8 Å². The predicted molar refractivity (Wildman–Crippen MR) is 91.8 cm³/mol. The Bertz CT molecular complexity index is 681. The first-order chi connectivity index (χ1) is 11.2. The van der Waals surface area contributed by atoms with Crippen LogP contribution in [-0.4, -0.2) is 26.7 Å². The molecule has 2 unspecified atom stereocenters. The van der Waals surface area contributed by atoms with Gasteiger partial charge in [0.2, 0.25) is 0 Å². The number of carbonyl (C=O) groups is 1. The molecule has 23 heavy (non-hydrogen) atoms. The van der Waals surface area contributed by atoms with Crippen molar-refractivity contribution in [3.63, 3.8) is 0 Å². The number of fused-ring (bicyclic) bond motifs is 1. The fraction of sp³-hybridized carbons (Fsp3) is 0.350. The Morgan fingerprint density at radius 2 is 2.00 bits per heavy atom. The highest BCUT2D eigenvalue weighted by atomic mass is 16.5. The van der Waals surface area contributed by atoms with Crippen LogP contribution in [0.2, 0.25) is 0 Å². The van der Waals surface area contributed by atoms with Gasteiger partial charge < -0.3 is 10.1 Å². The topological polar surface area (TPSA) is 38.3 Å². The number of benzene rings is 2. The number of methoxy groups -OCH3 is 1. The molecule has 0 radical (unpaired) electrons. The summed E-state index contributed by atoms with van der Waals surface area (Å²) in [7, 11) is 3.44. The van der Waals surface area contributed by atoms with Gasteiger partial charge in [0.05, 0.1) is 12.7 Å². The average Bonchev–Trinajstić information content (AvgIpc) is 2.61. The third-order valence-electron chi connectivity index (χ3n) is 4.78. The summed E-state index contributed by atoms with van der Waals surface area (Å²) in [5.41, 5.74) is 4.61. The van der Waals surface area contributed by atoms with Crippen LogP contribution in [0.5, 0.6) is 0 Å². The SMILES string of the molecule is CNCC1CCc2cc(C(=O)OC)ccc2C1c1ccccc1. The van der Waals surface area contributed by atoms with E-state index in [2.05, 4.69) is 41.7 Å². The van der Waals surface area contributed by atoms with Crippen molar-refractivity contribution in [3.8, 4) is 0 Å². The average molecular weight is 309 g/mol. The molecule has 120 valence electrons. The zero-order valence-electron chi connectivity index (χ0n) is 13.7. The highest BCUT2D eigenvalue weighted by molar-refractivity contribution is 5.89. The van der Waals surface area contributed by atoms with Gasteiger partial charge in [-0.2, -0.15) is 0 Å². The van der Waals surface area contributed by atoms with E-state index in [0.717, 1.165) is 19.4 Å². The predicted octanol–water partition coefficient (Wildman–Crippen LogP) is 3.39. The Kier molecular flexibility index (Phi) is 4.77. The second-order valence-electron chi connectivity index (χ2n) is 6.15. The number of rotatable bonds is 4. The smallest absolute Gasteiger partial charge is 0.337 e. The molecule has 0 amide bonds. The maximum atomic E-state index is 11.8. The summed E-state index contributed by atoms with van der Waals surface area (Å²) >= 11 is 0.